The van der Waals surface area contributed by atoms with Gasteiger partial charge in [-0.3, -0.25) is 4.98 Å². The highest BCUT2D eigenvalue weighted by Gasteiger charge is 2.20. The van der Waals surface area contributed by atoms with Gasteiger partial charge in [0.2, 0.25) is 0 Å². The van der Waals surface area contributed by atoms with Gasteiger partial charge < -0.3 is 0 Å². The van der Waals surface area contributed by atoms with Crippen molar-refractivity contribution >= 4 is 6.08 Å². The zero-order chi connectivity index (χ0) is 20.3. The number of pyridine rings is 1. The number of allylic oxidation sites excluding steroid dienone is 1. The van der Waals surface area contributed by atoms with Crippen LogP contribution in [0.15, 0.2) is 60.7 Å². The lowest BCUT2D eigenvalue weighted by atomic mass is 9.85. The highest BCUT2D eigenvalue weighted by molar-refractivity contribution is 5.78. The van der Waals surface area contributed by atoms with E-state index in [1.165, 1.54) is 65.6 Å². The highest BCUT2D eigenvalue weighted by Crippen LogP contribution is 2.36. The lowest BCUT2D eigenvalue weighted by Crippen LogP contribution is -2.08. The zero-order valence-electron chi connectivity index (χ0n) is 17.3. The second-order valence-electron chi connectivity index (χ2n) is 8.59. The van der Waals surface area contributed by atoms with E-state index in [1.807, 2.05) is 18.2 Å². The minimum absolute atomic E-state index is 0.565. The molecule has 1 fully saturated rings. The molecule has 1 heterocycles. The van der Waals surface area contributed by atoms with Gasteiger partial charge in [0.15, 0.2) is 0 Å². The molecule has 2 aliphatic carbocycles. The number of hydrogen-bond donors (Lipinski definition) is 0. The van der Waals surface area contributed by atoms with E-state index in [1.54, 1.807) is 0 Å². The van der Waals surface area contributed by atoms with Crippen molar-refractivity contribution in [2.75, 3.05) is 0 Å². The molecular weight excluding hydrogens is 364 g/mol. The van der Waals surface area contributed by atoms with E-state index < -0.39 is 0 Å². The van der Waals surface area contributed by atoms with Crippen LogP contribution >= 0.6 is 0 Å². The summed E-state index contributed by atoms with van der Waals surface area (Å²) in [7, 11) is 0. The van der Waals surface area contributed by atoms with Crippen molar-refractivity contribution in [2.24, 2.45) is 0 Å². The average molecular weight is 391 g/mol. The minimum atomic E-state index is 0.565. The normalized spacial score (nSPS) is 15.7. The molecule has 1 saturated carbocycles. The molecule has 0 bridgehead atoms. The lowest BCUT2D eigenvalue weighted by Gasteiger charge is -2.22. The van der Waals surface area contributed by atoms with Gasteiger partial charge in [-0.2, -0.15) is 5.26 Å². The van der Waals surface area contributed by atoms with Crippen LogP contribution < -0.4 is 0 Å². The molecule has 2 nitrogen and oxygen atoms in total. The highest BCUT2D eigenvalue weighted by atomic mass is 14.7. The number of aromatic nitrogens is 1. The van der Waals surface area contributed by atoms with Gasteiger partial charge in [-0.15, -0.1) is 0 Å². The molecule has 0 aliphatic heterocycles. The molecule has 30 heavy (non-hydrogen) atoms. The molecule has 2 aliphatic rings. The first-order chi connectivity index (χ1) is 14.8. The Bertz CT molecular complexity index is 1140. The number of fused-ring (bicyclic) bond motifs is 1. The third kappa shape index (κ3) is 3.81. The number of nitrogens with zero attached hydrogens (tertiary/aromatic N) is 2. The van der Waals surface area contributed by atoms with E-state index >= 15 is 0 Å². The Morgan fingerprint density at radius 3 is 2.67 bits per heavy atom. The lowest BCUT2D eigenvalue weighted by molar-refractivity contribution is 0.436. The number of rotatable bonds is 4. The smallest absolute Gasteiger partial charge is 0.0991 e. The summed E-state index contributed by atoms with van der Waals surface area (Å²) in [6, 6.07) is 21.4. The van der Waals surface area contributed by atoms with Crippen LogP contribution in [-0.2, 0) is 12.8 Å². The fourth-order valence-corrected chi connectivity index (χ4v) is 4.96. The van der Waals surface area contributed by atoms with E-state index in [4.69, 9.17) is 4.98 Å². The summed E-state index contributed by atoms with van der Waals surface area (Å²) in [5.41, 5.74) is 9.48. The van der Waals surface area contributed by atoms with Crippen molar-refractivity contribution in [1.29, 1.82) is 5.26 Å². The molecule has 5 rings (SSSR count). The van der Waals surface area contributed by atoms with Crippen LogP contribution in [0.25, 0.3) is 17.3 Å². The molecule has 1 aromatic heterocycles. The van der Waals surface area contributed by atoms with Crippen LogP contribution in [0.2, 0.25) is 0 Å². The predicted octanol–water partition coefficient (Wildman–Crippen LogP) is 6.83. The molecule has 0 radical (unpaired) electrons. The van der Waals surface area contributed by atoms with Crippen molar-refractivity contribution in [2.45, 2.75) is 50.9 Å². The summed E-state index contributed by atoms with van der Waals surface area (Å²) >= 11 is 0. The van der Waals surface area contributed by atoms with Gasteiger partial charge in [0.05, 0.1) is 17.3 Å². The topological polar surface area (TPSA) is 36.7 Å². The van der Waals surface area contributed by atoms with Gasteiger partial charge in [0.1, 0.15) is 0 Å². The maximum Gasteiger partial charge on any atom is 0.0991 e. The SMILES string of the molecule is N#Cc1cccc(Cc2cc(-c3cccc4c3C=CC4)nc(C3CCCCC3)c2)c1. The molecule has 2 aromatic carbocycles. The van der Waals surface area contributed by atoms with Gasteiger partial charge in [0, 0.05) is 17.2 Å². The minimum Gasteiger partial charge on any atom is -0.253 e. The third-order valence-electron chi connectivity index (χ3n) is 6.49. The number of benzene rings is 2. The summed E-state index contributed by atoms with van der Waals surface area (Å²) in [6.07, 6.45) is 12.8. The summed E-state index contributed by atoms with van der Waals surface area (Å²) in [4.78, 5) is 5.19. The van der Waals surface area contributed by atoms with Gasteiger partial charge in [-0.25, -0.2) is 0 Å². The summed E-state index contributed by atoms with van der Waals surface area (Å²) in [5.74, 6) is 0.565. The number of nitriles is 1. The van der Waals surface area contributed by atoms with Crippen molar-refractivity contribution in [3.63, 3.8) is 0 Å². The second-order valence-corrected chi connectivity index (χ2v) is 8.59. The second kappa shape index (κ2) is 8.28. The van der Waals surface area contributed by atoms with Crippen molar-refractivity contribution in [3.8, 4) is 17.3 Å². The molecule has 2 heteroatoms. The molecule has 0 N–H and O–H groups in total. The monoisotopic (exact) mass is 390 g/mol. The molecule has 0 atom stereocenters. The molecular formula is C28H26N2. The first-order valence-corrected chi connectivity index (χ1v) is 11.1. The van der Waals surface area contributed by atoms with E-state index in [-0.39, 0.29) is 0 Å². The van der Waals surface area contributed by atoms with E-state index in [0.717, 1.165) is 24.1 Å². The maximum atomic E-state index is 9.26. The van der Waals surface area contributed by atoms with E-state index in [9.17, 15) is 5.26 Å². The first-order valence-electron chi connectivity index (χ1n) is 11.1. The van der Waals surface area contributed by atoms with Crippen LogP contribution in [0, 0.1) is 11.3 Å². The Labute approximate surface area is 178 Å². The molecule has 0 spiro atoms. The van der Waals surface area contributed by atoms with Gasteiger partial charge in [0.25, 0.3) is 0 Å². The summed E-state index contributed by atoms with van der Waals surface area (Å²) in [6.45, 7) is 0. The van der Waals surface area contributed by atoms with Gasteiger partial charge >= 0.3 is 0 Å². The van der Waals surface area contributed by atoms with Crippen LogP contribution in [0.3, 0.4) is 0 Å². The number of hydrogen-bond acceptors (Lipinski definition) is 2. The third-order valence-corrected chi connectivity index (χ3v) is 6.49. The Hall–Kier alpha value is -3.18. The molecule has 3 aromatic rings. The van der Waals surface area contributed by atoms with Gasteiger partial charge in [-0.1, -0.05) is 61.7 Å². The van der Waals surface area contributed by atoms with E-state index in [0.29, 0.717) is 5.92 Å². The van der Waals surface area contributed by atoms with Crippen LogP contribution in [-0.4, -0.2) is 4.98 Å². The fraction of sp³-hybridized carbons (Fsp3) is 0.286. The summed E-state index contributed by atoms with van der Waals surface area (Å²) < 4.78 is 0. The van der Waals surface area contributed by atoms with Crippen LogP contribution in [0.4, 0.5) is 0 Å². The van der Waals surface area contributed by atoms with Crippen LogP contribution in [0.1, 0.15) is 71.5 Å². The standard InChI is InChI=1S/C28H26N2/c29-19-21-8-4-7-20(15-21)16-22-17-27(24-9-2-1-3-10-24)30-28(18-22)26-14-6-12-23-11-5-13-25(23)26/h4-8,12-15,17-18,24H,1-3,9-11,16H2. The average Bonchev–Trinajstić information content (AvgIpc) is 3.29. The van der Waals surface area contributed by atoms with Crippen molar-refractivity contribution < 1.29 is 0 Å². The van der Waals surface area contributed by atoms with Crippen molar-refractivity contribution in [1.82, 2.24) is 4.98 Å². The van der Waals surface area contributed by atoms with Crippen molar-refractivity contribution in [3.05, 3.63) is 94.2 Å². The Balaban J connectivity index is 1.58. The largest absolute Gasteiger partial charge is 0.253 e. The van der Waals surface area contributed by atoms with E-state index in [2.05, 4.69) is 54.6 Å². The molecule has 0 amide bonds. The molecule has 148 valence electrons. The molecule has 0 unspecified atom stereocenters. The van der Waals surface area contributed by atoms with Crippen LogP contribution in [0.5, 0.6) is 0 Å². The predicted molar refractivity (Wildman–Crippen MR) is 122 cm³/mol. The quantitative estimate of drug-likeness (QED) is 0.489. The fourth-order valence-electron chi connectivity index (χ4n) is 4.96. The Morgan fingerprint density at radius 1 is 0.933 bits per heavy atom. The Morgan fingerprint density at radius 2 is 1.80 bits per heavy atom. The Kier molecular flexibility index (Phi) is 5.20. The zero-order valence-corrected chi connectivity index (χ0v) is 17.3. The summed E-state index contributed by atoms with van der Waals surface area (Å²) in [5, 5.41) is 9.26. The van der Waals surface area contributed by atoms with Gasteiger partial charge in [-0.05, 0) is 72.2 Å². The molecule has 0 saturated heterocycles. The maximum absolute atomic E-state index is 9.26. The first kappa shape index (κ1) is 18.8.